The summed E-state index contributed by atoms with van der Waals surface area (Å²) in [5, 5.41) is 7.54. The number of urea groups is 1. The maximum absolute atomic E-state index is 11.6. The van der Waals surface area contributed by atoms with Crippen molar-refractivity contribution in [2.75, 3.05) is 7.05 Å². The van der Waals surface area contributed by atoms with Crippen LogP contribution in [0, 0.1) is 0 Å². The number of hydrogen-bond donors (Lipinski definition) is 3. The maximum atomic E-state index is 11.6. The largest absolute Gasteiger partial charge is 0.468 e. The predicted molar refractivity (Wildman–Crippen MR) is 62.3 cm³/mol. The highest BCUT2D eigenvalue weighted by atomic mass is 16.3. The smallest absolute Gasteiger partial charge is 0.321 e. The van der Waals surface area contributed by atoms with Gasteiger partial charge in [-0.05, 0) is 26.0 Å². The van der Waals surface area contributed by atoms with E-state index >= 15 is 0 Å². The van der Waals surface area contributed by atoms with Crippen LogP contribution in [0.5, 0.6) is 0 Å². The van der Waals surface area contributed by atoms with E-state index in [4.69, 9.17) is 4.42 Å². The van der Waals surface area contributed by atoms with Gasteiger partial charge in [0, 0.05) is 7.05 Å². The van der Waals surface area contributed by atoms with Crippen molar-refractivity contribution < 1.29 is 14.0 Å². The molecule has 0 bridgehead atoms. The second-order valence-corrected chi connectivity index (χ2v) is 3.69. The number of furan rings is 1. The van der Waals surface area contributed by atoms with E-state index in [0.29, 0.717) is 0 Å². The molecule has 94 valence electrons. The number of carbonyl (C=O) groups is 2. The standard InChI is InChI=1S/C11H17N3O3/c1-7(9-5-4-6-17-9)13-8(2)10(15)14-11(16)12-3/h4-8,13H,1-3H3,(H2,12,14,15,16). The van der Waals surface area contributed by atoms with Crippen LogP contribution in [0.4, 0.5) is 4.79 Å². The van der Waals surface area contributed by atoms with Crippen LogP contribution in [0.2, 0.25) is 0 Å². The van der Waals surface area contributed by atoms with Gasteiger partial charge in [0.25, 0.3) is 0 Å². The molecule has 3 amide bonds. The van der Waals surface area contributed by atoms with Gasteiger partial charge in [-0.15, -0.1) is 0 Å². The molecule has 2 atom stereocenters. The van der Waals surface area contributed by atoms with E-state index in [0.717, 1.165) is 5.76 Å². The first-order valence-corrected chi connectivity index (χ1v) is 5.36. The van der Waals surface area contributed by atoms with Crippen molar-refractivity contribution >= 4 is 11.9 Å². The van der Waals surface area contributed by atoms with Crippen LogP contribution in [0.15, 0.2) is 22.8 Å². The van der Waals surface area contributed by atoms with Crippen molar-refractivity contribution in [3.63, 3.8) is 0 Å². The Morgan fingerprint density at radius 2 is 2.06 bits per heavy atom. The highest BCUT2D eigenvalue weighted by molar-refractivity contribution is 5.96. The van der Waals surface area contributed by atoms with Crippen LogP contribution in [-0.2, 0) is 4.79 Å². The van der Waals surface area contributed by atoms with Crippen molar-refractivity contribution in [3.05, 3.63) is 24.2 Å². The molecule has 1 aromatic rings. The van der Waals surface area contributed by atoms with E-state index < -0.39 is 12.1 Å². The first-order valence-electron chi connectivity index (χ1n) is 5.36. The minimum Gasteiger partial charge on any atom is -0.468 e. The molecule has 1 aromatic heterocycles. The van der Waals surface area contributed by atoms with Gasteiger partial charge in [0.2, 0.25) is 5.91 Å². The third kappa shape index (κ3) is 3.92. The van der Waals surface area contributed by atoms with Crippen LogP contribution in [-0.4, -0.2) is 25.0 Å². The Kier molecular flexibility index (Phi) is 4.71. The Balaban J connectivity index is 2.46. The van der Waals surface area contributed by atoms with Gasteiger partial charge < -0.3 is 9.73 Å². The number of rotatable bonds is 4. The molecule has 0 aromatic carbocycles. The summed E-state index contributed by atoms with van der Waals surface area (Å²) in [4.78, 5) is 22.5. The van der Waals surface area contributed by atoms with E-state index in [1.54, 1.807) is 19.3 Å². The molecule has 1 heterocycles. The van der Waals surface area contributed by atoms with Crippen LogP contribution in [0.25, 0.3) is 0 Å². The van der Waals surface area contributed by atoms with E-state index in [9.17, 15) is 9.59 Å². The molecule has 2 unspecified atom stereocenters. The van der Waals surface area contributed by atoms with Crippen LogP contribution in [0.1, 0.15) is 25.6 Å². The lowest BCUT2D eigenvalue weighted by Gasteiger charge is -2.17. The zero-order valence-electron chi connectivity index (χ0n) is 10.1. The monoisotopic (exact) mass is 239 g/mol. The molecule has 0 aliphatic rings. The molecule has 6 nitrogen and oxygen atoms in total. The van der Waals surface area contributed by atoms with Gasteiger partial charge in [0.05, 0.1) is 18.3 Å². The molecular formula is C11H17N3O3. The molecule has 0 radical (unpaired) electrons. The number of nitrogens with one attached hydrogen (secondary N) is 3. The van der Waals surface area contributed by atoms with Crippen LogP contribution in [0.3, 0.4) is 0 Å². The number of amides is 3. The Morgan fingerprint density at radius 3 is 2.59 bits per heavy atom. The zero-order valence-corrected chi connectivity index (χ0v) is 10.1. The van der Waals surface area contributed by atoms with Crippen molar-refractivity contribution in [2.24, 2.45) is 0 Å². The fourth-order valence-corrected chi connectivity index (χ4v) is 1.35. The SMILES string of the molecule is CNC(=O)NC(=O)C(C)NC(C)c1ccco1. The minimum absolute atomic E-state index is 0.101. The van der Waals surface area contributed by atoms with E-state index in [2.05, 4.69) is 16.0 Å². The third-order valence-electron chi connectivity index (χ3n) is 2.33. The second-order valence-electron chi connectivity index (χ2n) is 3.69. The summed E-state index contributed by atoms with van der Waals surface area (Å²) >= 11 is 0. The lowest BCUT2D eigenvalue weighted by atomic mass is 10.2. The van der Waals surface area contributed by atoms with Gasteiger partial charge in [0.1, 0.15) is 5.76 Å². The number of hydrogen-bond acceptors (Lipinski definition) is 4. The van der Waals surface area contributed by atoms with Gasteiger partial charge in [-0.2, -0.15) is 0 Å². The molecule has 1 rings (SSSR count). The summed E-state index contributed by atoms with van der Waals surface area (Å²) in [6, 6.07) is 2.49. The fourth-order valence-electron chi connectivity index (χ4n) is 1.35. The van der Waals surface area contributed by atoms with Gasteiger partial charge >= 0.3 is 6.03 Å². The Morgan fingerprint density at radius 1 is 1.35 bits per heavy atom. The summed E-state index contributed by atoms with van der Waals surface area (Å²) in [5.74, 6) is 0.354. The first kappa shape index (κ1) is 13.2. The van der Waals surface area contributed by atoms with Crippen molar-refractivity contribution in [3.8, 4) is 0 Å². The molecule has 0 spiro atoms. The highest BCUT2D eigenvalue weighted by Gasteiger charge is 2.18. The Labute approximate surface area is 99.8 Å². The molecule has 6 heteroatoms. The lowest BCUT2D eigenvalue weighted by molar-refractivity contribution is -0.121. The summed E-state index contributed by atoms with van der Waals surface area (Å²) in [7, 11) is 1.45. The Hall–Kier alpha value is -1.82. The van der Waals surface area contributed by atoms with Gasteiger partial charge in [0.15, 0.2) is 0 Å². The van der Waals surface area contributed by atoms with E-state index in [1.165, 1.54) is 7.05 Å². The quantitative estimate of drug-likeness (QED) is 0.724. The summed E-state index contributed by atoms with van der Waals surface area (Å²) < 4.78 is 5.20. The lowest BCUT2D eigenvalue weighted by Crippen LogP contribution is -2.47. The van der Waals surface area contributed by atoms with Crippen LogP contribution < -0.4 is 16.0 Å². The van der Waals surface area contributed by atoms with Crippen molar-refractivity contribution in [2.45, 2.75) is 25.9 Å². The minimum atomic E-state index is -0.519. The van der Waals surface area contributed by atoms with Crippen LogP contribution >= 0.6 is 0 Å². The molecule has 0 aliphatic carbocycles. The average Bonchev–Trinajstić information content (AvgIpc) is 2.82. The van der Waals surface area contributed by atoms with Crippen molar-refractivity contribution in [1.82, 2.24) is 16.0 Å². The highest BCUT2D eigenvalue weighted by Crippen LogP contribution is 2.12. The normalized spacial score (nSPS) is 13.8. The molecular weight excluding hydrogens is 222 g/mol. The van der Waals surface area contributed by atoms with Gasteiger partial charge in [-0.25, -0.2) is 4.79 Å². The molecule has 0 saturated carbocycles. The number of imide groups is 1. The first-order chi connectivity index (χ1) is 8.04. The molecule has 0 fully saturated rings. The molecule has 3 N–H and O–H groups in total. The fraction of sp³-hybridized carbons (Fsp3) is 0.455. The average molecular weight is 239 g/mol. The van der Waals surface area contributed by atoms with E-state index in [1.807, 2.05) is 13.0 Å². The molecule has 17 heavy (non-hydrogen) atoms. The van der Waals surface area contributed by atoms with Gasteiger partial charge in [-0.1, -0.05) is 0 Å². The van der Waals surface area contributed by atoms with Crippen molar-refractivity contribution in [1.29, 1.82) is 0 Å². The van der Waals surface area contributed by atoms with Gasteiger partial charge in [-0.3, -0.25) is 15.4 Å². The second kappa shape index (κ2) is 6.05. The van der Waals surface area contributed by atoms with E-state index in [-0.39, 0.29) is 11.9 Å². The third-order valence-corrected chi connectivity index (χ3v) is 2.33. The molecule has 0 saturated heterocycles. The summed E-state index contributed by atoms with van der Waals surface area (Å²) in [6.45, 7) is 3.56. The maximum Gasteiger partial charge on any atom is 0.321 e. The summed E-state index contributed by atoms with van der Waals surface area (Å²) in [5.41, 5.74) is 0. The zero-order chi connectivity index (χ0) is 12.8. The predicted octanol–water partition coefficient (Wildman–Crippen LogP) is 0.774. The molecule has 0 aliphatic heterocycles. The topological polar surface area (TPSA) is 83.4 Å². The Bertz CT molecular complexity index is 375. The summed E-state index contributed by atoms with van der Waals surface area (Å²) in [6.07, 6.45) is 1.57. The number of carbonyl (C=O) groups excluding carboxylic acids is 2.